The van der Waals surface area contributed by atoms with Crippen molar-refractivity contribution in [3.05, 3.63) is 22.4 Å². The molecule has 4 N–H and O–H groups in total. The molecule has 1 heterocycles. The van der Waals surface area contributed by atoms with Crippen molar-refractivity contribution in [3.63, 3.8) is 0 Å². The lowest BCUT2D eigenvalue weighted by atomic mass is 10.0. The molecule has 0 spiro atoms. The fourth-order valence-electron chi connectivity index (χ4n) is 1.59. The molecule has 0 radical (unpaired) electrons. The number of carbonyl (C=O) groups excluding carboxylic acids is 1. The highest BCUT2D eigenvalue weighted by atomic mass is 32.1. The third-order valence-corrected chi connectivity index (χ3v) is 3.77. The molecule has 1 aromatic rings. The molecule has 1 amide bonds. The summed E-state index contributed by atoms with van der Waals surface area (Å²) in [5.74, 6) is 0.170. The van der Waals surface area contributed by atoms with Crippen LogP contribution in [-0.4, -0.2) is 24.2 Å². The highest BCUT2D eigenvalue weighted by Gasteiger charge is 2.17. The number of aliphatic hydroxyl groups is 1. The monoisotopic (exact) mass is 256 g/mol. The minimum absolute atomic E-state index is 0.149. The first-order chi connectivity index (χ1) is 8.19. The van der Waals surface area contributed by atoms with Crippen molar-refractivity contribution in [2.75, 3.05) is 13.2 Å². The Kier molecular flexibility index (Phi) is 6.18. The number of nitrogens with two attached hydrogens (primary N) is 1. The van der Waals surface area contributed by atoms with Gasteiger partial charge in [-0.2, -0.15) is 0 Å². The Hall–Kier alpha value is -0.910. The van der Waals surface area contributed by atoms with Crippen LogP contribution < -0.4 is 11.1 Å². The van der Waals surface area contributed by atoms with Gasteiger partial charge in [-0.05, 0) is 23.8 Å². The van der Waals surface area contributed by atoms with Gasteiger partial charge in [-0.3, -0.25) is 4.79 Å². The fourth-order valence-corrected chi connectivity index (χ4v) is 2.31. The van der Waals surface area contributed by atoms with Gasteiger partial charge in [-0.15, -0.1) is 11.3 Å². The van der Waals surface area contributed by atoms with Gasteiger partial charge >= 0.3 is 0 Å². The van der Waals surface area contributed by atoms with Gasteiger partial charge in [0.05, 0.1) is 0 Å². The van der Waals surface area contributed by atoms with E-state index in [1.807, 2.05) is 24.4 Å². The maximum absolute atomic E-state index is 11.8. The van der Waals surface area contributed by atoms with Crippen LogP contribution in [0.4, 0.5) is 0 Å². The summed E-state index contributed by atoms with van der Waals surface area (Å²) >= 11 is 1.48. The Labute approximate surface area is 106 Å². The largest absolute Gasteiger partial charge is 0.396 e. The zero-order valence-electron chi connectivity index (χ0n) is 10.1. The molecule has 0 fully saturated rings. The van der Waals surface area contributed by atoms with E-state index in [9.17, 15) is 4.79 Å². The topological polar surface area (TPSA) is 75.3 Å². The van der Waals surface area contributed by atoms with E-state index >= 15 is 0 Å². The molecule has 17 heavy (non-hydrogen) atoms. The highest BCUT2D eigenvalue weighted by molar-refractivity contribution is 7.10. The molecule has 2 atom stereocenters. The van der Waals surface area contributed by atoms with E-state index in [1.54, 1.807) is 0 Å². The van der Waals surface area contributed by atoms with E-state index in [0.717, 1.165) is 11.3 Å². The minimum Gasteiger partial charge on any atom is -0.396 e. The van der Waals surface area contributed by atoms with Crippen molar-refractivity contribution in [2.24, 2.45) is 11.7 Å². The third-order valence-electron chi connectivity index (χ3n) is 2.81. The van der Waals surface area contributed by atoms with E-state index < -0.39 is 6.04 Å². The van der Waals surface area contributed by atoms with Crippen LogP contribution in [0.25, 0.3) is 0 Å². The van der Waals surface area contributed by atoms with Gasteiger partial charge in [0.25, 0.3) is 0 Å². The number of aliphatic hydroxyl groups excluding tert-OH is 1. The molecule has 0 saturated carbocycles. The number of hydrogen-bond donors (Lipinski definition) is 3. The van der Waals surface area contributed by atoms with Crippen molar-refractivity contribution >= 4 is 17.2 Å². The molecule has 0 aromatic carbocycles. The first-order valence-electron chi connectivity index (χ1n) is 5.86. The quantitative estimate of drug-likeness (QED) is 0.688. The van der Waals surface area contributed by atoms with E-state index in [0.29, 0.717) is 18.9 Å². The average molecular weight is 256 g/mol. The van der Waals surface area contributed by atoms with Gasteiger partial charge in [-0.25, -0.2) is 0 Å². The molecule has 0 aliphatic carbocycles. The molecule has 1 rings (SSSR count). The van der Waals surface area contributed by atoms with Crippen LogP contribution in [0, 0.1) is 5.92 Å². The van der Waals surface area contributed by atoms with Crippen molar-refractivity contribution in [2.45, 2.75) is 25.8 Å². The van der Waals surface area contributed by atoms with Crippen molar-refractivity contribution in [3.8, 4) is 0 Å². The van der Waals surface area contributed by atoms with Gasteiger partial charge in [0.1, 0.15) is 6.04 Å². The van der Waals surface area contributed by atoms with Crippen LogP contribution in [-0.2, 0) is 4.79 Å². The smallest absolute Gasteiger partial charge is 0.242 e. The summed E-state index contributed by atoms with van der Waals surface area (Å²) < 4.78 is 0. The number of nitrogens with one attached hydrogen (secondary N) is 1. The van der Waals surface area contributed by atoms with E-state index in [2.05, 4.69) is 5.32 Å². The third kappa shape index (κ3) is 4.46. The maximum atomic E-state index is 11.8. The van der Waals surface area contributed by atoms with Crippen molar-refractivity contribution < 1.29 is 9.90 Å². The zero-order chi connectivity index (χ0) is 12.7. The lowest BCUT2D eigenvalue weighted by Gasteiger charge is -2.16. The molecule has 4 nitrogen and oxygen atoms in total. The summed E-state index contributed by atoms with van der Waals surface area (Å²) in [5, 5.41) is 13.6. The minimum atomic E-state index is -0.582. The van der Waals surface area contributed by atoms with Crippen LogP contribution in [0.2, 0.25) is 0 Å². The van der Waals surface area contributed by atoms with Crippen LogP contribution in [0.15, 0.2) is 17.5 Å². The summed E-state index contributed by atoms with van der Waals surface area (Å²) in [6.45, 7) is 2.78. The first kappa shape index (κ1) is 14.2. The summed E-state index contributed by atoms with van der Waals surface area (Å²) in [5.41, 5.74) is 5.83. The number of hydrogen-bond acceptors (Lipinski definition) is 4. The molecule has 0 bridgehead atoms. The molecule has 0 saturated heterocycles. The molecule has 1 aromatic heterocycles. The summed E-state index contributed by atoms with van der Waals surface area (Å²) in [7, 11) is 0. The van der Waals surface area contributed by atoms with Gasteiger partial charge in [0.15, 0.2) is 0 Å². The SMILES string of the molecule is CCC(CCO)CNC(=O)C(N)c1cccs1. The van der Waals surface area contributed by atoms with Crippen LogP contribution in [0.3, 0.4) is 0 Å². The number of thiophene rings is 1. The predicted octanol–water partition coefficient (Wildman–Crippen LogP) is 1.27. The lowest BCUT2D eigenvalue weighted by molar-refractivity contribution is -0.122. The molecular formula is C12H20N2O2S. The Morgan fingerprint density at radius 1 is 1.65 bits per heavy atom. The number of amides is 1. The summed E-state index contributed by atoms with van der Waals surface area (Å²) in [6.07, 6.45) is 1.65. The Morgan fingerprint density at radius 2 is 2.41 bits per heavy atom. The van der Waals surface area contributed by atoms with Crippen LogP contribution >= 0.6 is 11.3 Å². The van der Waals surface area contributed by atoms with Crippen LogP contribution in [0.5, 0.6) is 0 Å². The molecular weight excluding hydrogens is 236 g/mol. The van der Waals surface area contributed by atoms with E-state index in [4.69, 9.17) is 10.8 Å². The van der Waals surface area contributed by atoms with Gasteiger partial charge < -0.3 is 16.2 Å². The number of rotatable bonds is 7. The molecule has 0 aliphatic rings. The van der Waals surface area contributed by atoms with Gasteiger partial charge in [0, 0.05) is 18.0 Å². The Balaban J connectivity index is 2.38. The highest BCUT2D eigenvalue weighted by Crippen LogP contribution is 2.16. The first-order valence-corrected chi connectivity index (χ1v) is 6.74. The van der Waals surface area contributed by atoms with E-state index in [-0.39, 0.29) is 12.5 Å². The zero-order valence-corrected chi connectivity index (χ0v) is 10.9. The van der Waals surface area contributed by atoms with Gasteiger partial charge in [0.2, 0.25) is 5.91 Å². The Morgan fingerprint density at radius 3 is 2.94 bits per heavy atom. The second-order valence-corrected chi connectivity index (χ2v) is 5.00. The molecule has 0 aliphatic heterocycles. The van der Waals surface area contributed by atoms with Crippen molar-refractivity contribution in [1.29, 1.82) is 0 Å². The maximum Gasteiger partial charge on any atom is 0.242 e. The van der Waals surface area contributed by atoms with E-state index in [1.165, 1.54) is 11.3 Å². The van der Waals surface area contributed by atoms with Crippen molar-refractivity contribution in [1.82, 2.24) is 5.32 Å². The average Bonchev–Trinajstić information content (AvgIpc) is 2.86. The van der Waals surface area contributed by atoms with Crippen LogP contribution in [0.1, 0.15) is 30.7 Å². The summed E-state index contributed by atoms with van der Waals surface area (Å²) in [6, 6.07) is 3.16. The Bertz CT molecular complexity index is 327. The predicted molar refractivity (Wildman–Crippen MR) is 69.7 cm³/mol. The second-order valence-electron chi connectivity index (χ2n) is 4.02. The fraction of sp³-hybridized carbons (Fsp3) is 0.583. The summed E-state index contributed by atoms with van der Waals surface area (Å²) in [4.78, 5) is 12.6. The number of carbonyl (C=O) groups is 1. The molecule has 5 heteroatoms. The van der Waals surface area contributed by atoms with Gasteiger partial charge in [-0.1, -0.05) is 19.4 Å². The normalized spacial score (nSPS) is 14.3. The molecule has 96 valence electrons. The standard InChI is InChI=1S/C12H20N2O2S/c1-2-9(5-6-15)8-14-12(16)11(13)10-4-3-7-17-10/h3-4,7,9,11,15H,2,5-6,8,13H2,1H3,(H,14,16). The molecule has 2 unspecified atom stereocenters. The lowest BCUT2D eigenvalue weighted by Crippen LogP contribution is -2.36. The second kappa shape index (κ2) is 7.42.